The van der Waals surface area contributed by atoms with Crippen LogP contribution in [0.1, 0.15) is 16.1 Å². The van der Waals surface area contributed by atoms with Crippen molar-refractivity contribution in [2.45, 2.75) is 6.18 Å². The number of benzene rings is 4. The summed E-state index contributed by atoms with van der Waals surface area (Å²) in [5.74, 6) is -0.617. The molecule has 0 spiro atoms. The lowest BCUT2D eigenvalue weighted by molar-refractivity contribution is -0.141. The minimum Gasteiger partial charge on any atom is -0.366 e. The number of nitrogens with two attached hydrogens (primary N) is 1. The number of carbonyl (C=O) groups excluding carboxylic acids is 1. The Hall–Kier alpha value is -4.13. The van der Waals surface area contributed by atoms with Crippen molar-refractivity contribution in [3.63, 3.8) is 0 Å². The van der Waals surface area contributed by atoms with E-state index >= 15 is 0 Å². The van der Waals surface area contributed by atoms with Crippen LogP contribution in [0.3, 0.4) is 0 Å². The van der Waals surface area contributed by atoms with Crippen LogP contribution in [0.25, 0.3) is 38.5 Å². The Morgan fingerprint density at radius 2 is 1.53 bits per heavy atom. The zero-order chi connectivity index (χ0) is 22.5. The molecule has 2 N–H and O–H groups in total. The Bertz CT molecular complexity index is 1480. The van der Waals surface area contributed by atoms with Gasteiger partial charge in [-0.25, -0.2) is 4.68 Å². The van der Waals surface area contributed by atoms with E-state index in [0.29, 0.717) is 16.9 Å². The van der Waals surface area contributed by atoms with Crippen LogP contribution in [0.15, 0.2) is 84.9 Å². The number of carbonyl (C=O) groups is 1. The van der Waals surface area contributed by atoms with Gasteiger partial charge in [-0.05, 0) is 51.9 Å². The number of alkyl halides is 3. The SMILES string of the molecule is NC(=O)c1ccc(-n2nc(C(F)(F)F)cc2-c2cccc3c2ccc2ccccc23)cc1. The van der Waals surface area contributed by atoms with Gasteiger partial charge in [0.15, 0.2) is 5.69 Å². The van der Waals surface area contributed by atoms with Crippen molar-refractivity contribution in [1.29, 1.82) is 0 Å². The van der Waals surface area contributed by atoms with Crippen LogP contribution in [0.4, 0.5) is 13.2 Å². The topological polar surface area (TPSA) is 60.9 Å². The first-order valence-corrected chi connectivity index (χ1v) is 9.81. The number of amides is 1. The summed E-state index contributed by atoms with van der Waals surface area (Å²) in [6, 6.07) is 24.3. The second-order valence-corrected chi connectivity index (χ2v) is 7.42. The summed E-state index contributed by atoms with van der Waals surface area (Å²) in [6.07, 6.45) is -4.61. The lowest BCUT2D eigenvalue weighted by atomic mass is 9.97. The van der Waals surface area contributed by atoms with Gasteiger partial charge in [-0.1, -0.05) is 54.6 Å². The van der Waals surface area contributed by atoms with Gasteiger partial charge in [-0.2, -0.15) is 18.3 Å². The van der Waals surface area contributed by atoms with Crippen LogP contribution < -0.4 is 5.73 Å². The molecule has 158 valence electrons. The van der Waals surface area contributed by atoms with E-state index in [9.17, 15) is 18.0 Å². The third-order valence-corrected chi connectivity index (χ3v) is 5.46. The minimum absolute atomic E-state index is 0.259. The van der Waals surface area contributed by atoms with Crippen molar-refractivity contribution in [2.24, 2.45) is 5.73 Å². The molecule has 5 rings (SSSR count). The average Bonchev–Trinajstić information content (AvgIpc) is 3.24. The maximum atomic E-state index is 13.6. The van der Waals surface area contributed by atoms with E-state index in [1.165, 1.54) is 28.9 Å². The van der Waals surface area contributed by atoms with Gasteiger partial charge in [0.25, 0.3) is 0 Å². The normalized spacial score (nSPS) is 11.8. The van der Waals surface area contributed by atoms with Gasteiger partial charge in [-0.3, -0.25) is 4.79 Å². The molecule has 0 radical (unpaired) electrons. The highest BCUT2D eigenvalue weighted by Crippen LogP contribution is 2.37. The number of aromatic nitrogens is 2. The van der Waals surface area contributed by atoms with Crippen LogP contribution in [-0.4, -0.2) is 15.7 Å². The molecule has 0 aliphatic carbocycles. The van der Waals surface area contributed by atoms with Gasteiger partial charge in [0, 0.05) is 11.1 Å². The molecule has 0 fully saturated rings. The maximum absolute atomic E-state index is 13.6. The Morgan fingerprint density at radius 3 is 2.25 bits per heavy atom. The molecule has 0 bridgehead atoms. The van der Waals surface area contributed by atoms with Gasteiger partial charge in [0.2, 0.25) is 5.91 Å². The number of fused-ring (bicyclic) bond motifs is 3. The number of nitrogens with zero attached hydrogens (tertiary/aromatic N) is 2. The molecule has 32 heavy (non-hydrogen) atoms. The van der Waals surface area contributed by atoms with Gasteiger partial charge >= 0.3 is 6.18 Å². The van der Waals surface area contributed by atoms with Crippen molar-refractivity contribution in [2.75, 3.05) is 0 Å². The maximum Gasteiger partial charge on any atom is 0.435 e. The predicted molar refractivity (Wildman–Crippen MR) is 118 cm³/mol. The molecule has 1 aromatic heterocycles. The monoisotopic (exact) mass is 431 g/mol. The van der Waals surface area contributed by atoms with Crippen LogP contribution in [0.2, 0.25) is 0 Å². The zero-order valence-electron chi connectivity index (χ0n) is 16.6. The quantitative estimate of drug-likeness (QED) is 0.358. The van der Waals surface area contributed by atoms with Crippen molar-refractivity contribution in [1.82, 2.24) is 9.78 Å². The predicted octanol–water partition coefficient (Wildman–Crippen LogP) is 5.96. The van der Waals surface area contributed by atoms with Gasteiger partial charge in [0.05, 0.1) is 11.4 Å². The molecule has 4 nitrogen and oxygen atoms in total. The second-order valence-electron chi connectivity index (χ2n) is 7.42. The van der Waals surface area contributed by atoms with E-state index in [1.807, 2.05) is 48.5 Å². The average molecular weight is 431 g/mol. The molecule has 0 saturated heterocycles. The van der Waals surface area contributed by atoms with Gasteiger partial charge in [-0.15, -0.1) is 0 Å². The Labute approximate surface area is 180 Å². The molecule has 0 saturated carbocycles. The van der Waals surface area contributed by atoms with E-state index in [0.717, 1.165) is 27.6 Å². The lowest BCUT2D eigenvalue weighted by Crippen LogP contribution is -2.11. The number of primary amides is 1. The van der Waals surface area contributed by atoms with Crippen molar-refractivity contribution in [3.05, 3.63) is 96.2 Å². The lowest BCUT2D eigenvalue weighted by Gasteiger charge is -2.12. The molecule has 5 aromatic rings. The first-order valence-electron chi connectivity index (χ1n) is 9.81. The Balaban J connectivity index is 1.78. The van der Waals surface area contributed by atoms with E-state index in [4.69, 9.17) is 5.73 Å². The molecule has 4 aromatic carbocycles. The molecule has 0 unspecified atom stereocenters. The third kappa shape index (κ3) is 3.28. The highest BCUT2D eigenvalue weighted by Gasteiger charge is 2.35. The standard InChI is InChI=1S/C25H16F3N3O/c26-25(27,28)23-14-22(31(30-23)17-11-8-16(9-12-17)24(29)32)21-7-3-6-19-18-5-2-1-4-15(18)10-13-20(19)21/h1-14H,(H2,29,32). The van der Waals surface area contributed by atoms with E-state index < -0.39 is 17.8 Å². The Morgan fingerprint density at radius 1 is 0.812 bits per heavy atom. The summed E-state index contributed by atoms with van der Waals surface area (Å²) >= 11 is 0. The molecular weight excluding hydrogens is 415 g/mol. The van der Waals surface area contributed by atoms with Gasteiger partial charge < -0.3 is 5.73 Å². The molecule has 1 heterocycles. The van der Waals surface area contributed by atoms with Crippen LogP contribution >= 0.6 is 0 Å². The van der Waals surface area contributed by atoms with Crippen molar-refractivity contribution < 1.29 is 18.0 Å². The molecule has 0 atom stereocenters. The summed E-state index contributed by atoms with van der Waals surface area (Å²) in [4.78, 5) is 11.4. The van der Waals surface area contributed by atoms with Crippen LogP contribution in [0, 0.1) is 0 Å². The van der Waals surface area contributed by atoms with E-state index in [-0.39, 0.29) is 5.56 Å². The van der Waals surface area contributed by atoms with E-state index in [2.05, 4.69) is 5.10 Å². The van der Waals surface area contributed by atoms with Crippen LogP contribution in [-0.2, 0) is 6.18 Å². The number of hydrogen-bond donors (Lipinski definition) is 1. The van der Waals surface area contributed by atoms with Crippen molar-refractivity contribution in [3.8, 4) is 16.9 Å². The highest BCUT2D eigenvalue weighted by molar-refractivity contribution is 6.11. The van der Waals surface area contributed by atoms with Gasteiger partial charge in [0.1, 0.15) is 0 Å². The fraction of sp³-hybridized carbons (Fsp3) is 0.0400. The summed E-state index contributed by atoms with van der Waals surface area (Å²) in [7, 11) is 0. The molecule has 7 heteroatoms. The summed E-state index contributed by atoms with van der Waals surface area (Å²) in [5, 5.41) is 7.66. The minimum atomic E-state index is -4.61. The molecule has 0 aliphatic rings. The largest absolute Gasteiger partial charge is 0.435 e. The number of rotatable bonds is 3. The zero-order valence-corrected chi connectivity index (χ0v) is 16.6. The van der Waals surface area contributed by atoms with Crippen molar-refractivity contribution >= 4 is 27.5 Å². The summed E-state index contributed by atoms with van der Waals surface area (Å²) in [6.45, 7) is 0. The summed E-state index contributed by atoms with van der Waals surface area (Å²) in [5.41, 5.74) is 5.85. The summed E-state index contributed by atoms with van der Waals surface area (Å²) < 4.78 is 42.0. The first kappa shape index (κ1) is 19.8. The third-order valence-electron chi connectivity index (χ3n) is 5.46. The number of hydrogen-bond acceptors (Lipinski definition) is 2. The first-order chi connectivity index (χ1) is 15.3. The fourth-order valence-corrected chi connectivity index (χ4v) is 3.94. The van der Waals surface area contributed by atoms with Crippen LogP contribution in [0.5, 0.6) is 0 Å². The molecular formula is C25H16F3N3O. The molecule has 1 amide bonds. The number of halogens is 3. The second kappa shape index (κ2) is 7.23. The smallest absolute Gasteiger partial charge is 0.366 e. The van der Waals surface area contributed by atoms with E-state index in [1.54, 1.807) is 6.07 Å². The molecule has 0 aliphatic heterocycles. The Kier molecular flexibility index (Phi) is 4.48. The fourth-order valence-electron chi connectivity index (χ4n) is 3.94. The highest BCUT2D eigenvalue weighted by atomic mass is 19.4.